The van der Waals surface area contributed by atoms with Crippen molar-refractivity contribution in [2.24, 2.45) is 0 Å². The minimum Gasteiger partial charge on any atom is -0.394 e. The van der Waals surface area contributed by atoms with Gasteiger partial charge < -0.3 is 24.8 Å². The summed E-state index contributed by atoms with van der Waals surface area (Å²) in [6.45, 7) is 8.09. The predicted molar refractivity (Wildman–Crippen MR) is 67.0 cm³/mol. The van der Waals surface area contributed by atoms with Crippen molar-refractivity contribution in [2.75, 3.05) is 33.0 Å². The third kappa shape index (κ3) is 18.4. The van der Waals surface area contributed by atoms with Crippen LogP contribution >= 0.6 is 0 Å². The molecule has 1 fully saturated rings. The Balaban J connectivity index is 0. The summed E-state index contributed by atoms with van der Waals surface area (Å²) in [7, 11) is 0. The Labute approximate surface area is 104 Å². The van der Waals surface area contributed by atoms with Crippen LogP contribution in [0.25, 0.3) is 0 Å². The molecule has 0 aromatic heterocycles. The van der Waals surface area contributed by atoms with Crippen molar-refractivity contribution in [1.82, 2.24) is 0 Å². The summed E-state index contributed by atoms with van der Waals surface area (Å²) in [5.41, 5.74) is 0. The van der Waals surface area contributed by atoms with Gasteiger partial charge in [-0.2, -0.15) is 0 Å². The second-order valence-corrected chi connectivity index (χ2v) is 3.63. The van der Waals surface area contributed by atoms with Crippen molar-refractivity contribution >= 4 is 0 Å². The molecule has 1 saturated heterocycles. The molecule has 2 atom stereocenters. The summed E-state index contributed by atoms with van der Waals surface area (Å²) in [5.74, 6) is 0. The van der Waals surface area contributed by atoms with Crippen LogP contribution in [-0.4, -0.2) is 60.6 Å². The Morgan fingerprint density at radius 3 is 1.94 bits per heavy atom. The van der Waals surface area contributed by atoms with Crippen LogP contribution in [0.1, 0.15) is 33.6 Å². The zero-order chi connectivity index (χ0) is 13.5. The maximum absolute atomic E-state index is 8.44. The maximum atomic E-state index is 8.44. The molecular formula is C12H28O5. The van der Waals surface area contributed by atoms with Crippen LogP contribution in [-0.2, 0) is 9.47 Å². The number of aliphatic hydroxyl groups excluding tert-OH is 3. The smallest absolute Gasteiger partial charge is 0.0806 e. The van der Waals surface area contributed by atoms with Gasteiger partial charge in [-0.3, -0.25) is 0 Å². The lowest BCUT2D eigenvalue weighted by molar-refractivity contribution is 0.0591. The molecule has 1 rings (SSSR count). The lowest BCUT2D eigenvalue weighted by Gasteiger charge is -2.00. The molecule has 17 heavy (non-hydrogen) atoms. The Morgan fingerprint density at radius 1 is 1.29 bits per heavy atom. The normalized spacial score (nSPS) is 19.8. The molecule has 0 bridgehead atoms. The highest BCUT2D eigenvalue weighted by molar-refractivity contribution is 4.61. The number of ether oxygens (including phenoxy) is 2. The van der Waals surface area contributed by atoms with Crippen molar-refractivity contribution in [1.29, 1.82) is 0 Å². The third-order valence-corrected chi connectivity index (χ3v) is 1.90. The zero-order valence-corrected chi connectivity index (χ0v) is 11.3. The van der Waals surface area contributed by atoms with Gasteiger partial charge in [0.1, 0.15) is 0 Å². The second kappa shape index (κ2) is 15.8. The van der Waals surface area contributed by atoms with Gasteiger partial charge in [-0.25, -0.2) is 0 Å². The van der Waals surface area contributed by atoms with E-state index in [-0.39, 0.29) is 19.3 Å². The van der Waals surface area contributed by atoms with Crippen LogP contribution in [0.15, 0.2) is 0 Å². The number of rotatable bonds is 4. The van der Waals surface area contributed by atoms with Gasteiger partial charge in [-0.1, -0.05) is 0 Å². The third-order valence-electron chi connectivity index (χ3n) is 1.90. The first-order valence-corrected chi connectivity index (χ1v) is 6.21. The van der Waals surface area contributed by atoms with E-state index in [0.717, 1.165) is 32.7 Å². The van der Waals surface area contributed by atoms with Gasteiger partial charge in [-0.05, 0) is 33.6 Å². The van der Waals surface area contributed by atoms with Gasteiger partial charge in [0.15, 0.2) is 0 Å². The number of aliphatic hydroxyl groups is 3. The topological polar surface area (TPSA) is 79.2 Å². The van der Waals surface area contributed by atoms with Crippen LogP contribution < -0.4 is 0 Å². The maximum Gasteiger partial charge on any atom is 0.0806 e. The molecule has 0 saturated carbocycles. The van der Waals surface area contributed by atoms with E-state index in [4.69, 9.17) is 24.8 Å². The summed E-state index contributed by atoms with van der Waals surface area (Å²) in [6.07, 6.45) is 1.75. The van der Waals surface area contributed by atoms with Gasteiger partial charge in [0.05, 0.1) is 25.4 Å². The molecule has 0 radical (unpaired) electrons. The molecule has 106 valence electrons. The molecule has 5 heteroatoms. The van der Waals surface area contributed by atoms with E-state index in [9.17, 15) is 0 Å². The first-order chi connectivity index (χ1) is 8.12. The minimum absolute atomic E-state index is 0.139. The van der Waals surface area contributed by atoms with E-state index in [1.165, 1.54) is 6.92 Å². The van der Waals surface area contributed by atoms with E-state index in [2.05, 4.69) is 0 Å². The van der Waals surface area contributed by atoms with E-state index in [1.807, 2.05) is 13.8 Å². The first kappa shape index (κ1) is 19.1. The molecule has 5 nitrogen and oxygen atoms in total. The fraction of sp³-hybridized carbons (Fsp3) is 1.00. The standard InChI is InChI=1S/C5H10O2.C4H10O.C3H8O2/c6-4-5-2-1-3-7-5;1-3-5-4-2;1-3(5)2-4/h5-6H,1-4H2;3-4H2,1-2H3;3-5H,2H2,1H3. The minimum atomic E-state index is -0.560. The number of hydrogen-bond donors (Lipinski definition) is 3. The second-order valence-electron chi connectivity index (χ2n) is 3.63. The van der Waals surface area contributed by atoms with Gasteiger partial charge in [0, 0.05) is 19.8 Å². The summed E-state index contributed by atoms with van der Waals surface area (Å²) < 4.78 is 9.89. The summed E-state index contributed by atoms with van der Waals surface area (Å²) in [5, 5.41) is 24.4. The fourth-order valence-electron chi connectivity index (χ4n) is 0.992. The first-order valence-electron chi connectivity index (χ1n) is 6.21. The molecule has 1 aliphatic rings. The Morgan fingerprint density at radius 2 is 1.82 bits per heavy atom. The van der Waals surface area contributed by atoms with Gasteiger partial charge in [0.25, 0.3) is 0 Å². The van der Waals surface area contributed by atoms with E-state index in [1.54, 1.807) is 0 Å². The highest BCUT2D eigenvalue weighted by atomic mass is 16.5. The van der Waals surface area contributed by atoms with Gasteiger partial charge in [0.2, 0.25) is 0 Å². The average molecular weight is 252 g/mol. The molecule has 0 aromatic carbocycles. The van der Waals surface area contributed by atoms with Crippen LogP contribution in [0.2, 0.25) is 0 Å². The molecule has 0 amide bonds. The van der Waals surface area contributed by atoms with Crippen LogP contribution in [0.4, 0.5) is 0 Å². The molecule has 0 aliphatic carbocycles. The van der Waals surface area contributed by atoms with Crippen LogP contribution in [0, 0.1) is 0 Å². The predicted octanol–water partition coefficient (Wildman–Crippen LogP) is 0.560. The Hall–Kier alpha value is -0.200. The number of hydrogen-bond acceptors (Lipinski definition) is 5. The summed E-state index contributed by atoms with van der Waals surface area (Å²) in [6, 6.07) is 0. The SMILES string of the molecule is CC(O)CO.CCOCC.OCC1CCCO1. The van der Waals surface area contributed by atoms with Crippen LogP contribution in [0.3, 0.4) is 0 Å². The van der Waals surface area contributed by atoms with Gasteiger partial charge >= 0.3 is 0 Å². The highest BCUT2D eigenvalue weighted by Gasteiger charge is 2.12. The Kier molecular flexibility index (Phi) is 17.8. The lowest BCUT2D eigenvalue weighted by Crippen LogP contribution is -2.09. The molecular weight excluding hydrogens is 224 g/mol. The molecule has 2 unspecified atom stereocenters. The Bertz CT molecular complexity index is 122. The zero-order valence-electron chi connectivity index (χ0n) is 11.3. The largest absolute Gasteiger partial charge is 0.394 e. The average Bonchev–Trinajstić information content (AvgIpc) is 2.84. The van der Waals surface area contributed by atoms with Crippen molar-refractivity contribution in [3.05, 3.63) is 0 Å². The monoisotopic (exact) mass is 252 g/mol. The van der Waals surface area contributed by atoms with Crippen molar-refractivity contribution < 1.29 is 24.8 Å². The highest BCUT2D eigenvalue weighted by Crippen LogP contribution is 2.09. The molecule has 1 aliphatic heterocycles. The molecule has 0 aromatic rings. The summed E-state index contributed by atoms with van der Waals surface area (Å²) in [4.78, 5) is 0. The quantitative estimate of drug-likeness (QED) is 0.681. The molecule has 3 N–H and O–H groups in total. The van der Waals surface area contributed by atoms with E-state index < -0.39 is 6.10 Å². The van der Waals surface area contributed by atoms with E-state index in [0.29, 0.717) is 0 Å². The van der Waals surface area contributed by atoms with Crippen molar-refractivity contribution in [3.63, 3.8) is 0 Å². The van der Waals surface area contributed by atoms with E-state index >= 15 is 0 Å². The van der Waals surface area contributed by atoms with Crippen molar-refractivity contribution in [3.8, 4) is 0 Å². The summed E-state index contributed by atoms with van der Waals surface area (Å²) >= 11 is 0. The van der Waals surface area contributed by atoms with Gasteiger partial charge in [-0.15, -0.1) is 0 Å². The lowest BCUT2D eigenvalue weighted by atomic mass is 10.2. The molecule has 1 heterocycles. The fourth-order valence-corrected chi connectivity index (χ4v) is 0.992. The van der Waals surface area contributed by atoms with Crippen molar-refractivity contribution in [2.45, 2.75) is 45.8 Å². The van der Waals surface area contributed by atoms with Crippen LogP contribution in [0.5, 0.6) is 0 Å². The molecule has 0 spiro atoms.